The quantitative estimate of drug-likeness (QED) is 0.615. The summed E-state index contributed by atoms with van der Waals surface area (Å²) >= 11 is 8.38. The molecule has 0 radical (unpaired) electrons. The minimum atomic E-state index is -0.399. The molecule has 0 fully saturated rings. The second kappa shape index (κ2) is 6.45. The second-order valence-electron chi connectivity index (χ2n) is 4.82. The van der Waals surface area contributed by atoms with E-state index in [4.69, 9.17) is 18.0 Å². The molecule has 22 heavy (non-hydrogen) atoms. The van der Waals surface area contributed by atoms with E-state index in [1.807, 2.05) is 38.1 Å². The fourth-order valence-corrected chi connectivity index (χ4v) is 2.49. The maximum absolute atomic E-state index is 12.4. The van der Waals surface area contributed by atoms with Gasteiger partial charge in [-0.1, -0.05) is 17.7 Å². The fraction of sp³-hybridized carbons (Fsp3) is 0.214. The smallest absolute Gasteiger partial charge is 0.291 e. The molecule has 0 unspecified atom stereocenters. The Hall–Kier alpha value is -1.93. The molecule has 116 valence electrons. The number of rotatable bonds is 2. The van der Waals surface area contributed by atoms with Gasteiger partial charge < -0.3 is 5.73 Å². The highest BCUT2D eigenvalue weighted by Gasteiger charge is 2.21. The lowest BCUT2D eigenvalue weighted by Gasteiger charge is -2.23. The average Bonchev–Trinajstić information content (AvgIpc) is 2.73. The predicted molar refractivity (Wildman–Crippen MR) is 93.6 cm³/mol. The first-order valence-electron chi connectivity index (χ1n) is 6.47. The van der Waals surface area contributed by atoms with Gasteiger partial charge in [0.25, 0.3) is 5.91 Å². The minimum Gasteiger partial charge on any atom is -0.374 e. The van der Waals surface area contributed by atoms with E-state index in [0.717, 1.165) is 11.3 Å². The normalized spacial score (nSPS) is 10.4. The highest BCUT2D eigenvalue weighted by molar-refractivity contribution is 9.10. The highest BCUT2D eigenvalue weighted by Crippen LogP contribution is 2.20. The number of halogens is 1. The van der Waals surface area contributed by atoms with Gasteiger partial charge in [-0.3, -0.25) is 14.9 Å². The third-order valence-corrected chi connectivity index (χ3v) is 4.33. The number of carbonyl (C=O) groups is 1. The monoisotopic (exact) mass is 381 g/mol. The Bertz CT molecular complexity index is 726. The molecule has 2 rings (SSSR count). The van der Waals surface area contributed by atoms with E-state index in [1.54, 1.807) is 11.7 Å². The topological polar surface area (TPSA) is 76.2 Å². The number of aromatic nitrogens is 2. The van der Waals surface area contributed by atoms with Crippen LogP contribution in [-0.4, -0.2) is 20.8 Å². The van der Waals surface area contributed by atoms with E-state index >= 15 is 0 Å². The molecule has 8 heteroatoms. The Morgan fingerprint density at radius 2 is 1.95 bits per heavy atom. The lowest BCUT2D eigenvalue weighted by atomic mass is 10.2. The molecule has 2 aromatic rings. The number of benzene rings is 1. The Labute approximate surface area is 142 Å². The van der Waals surface area contributed by atoms with Gasteiger partial charge in [0, 0.05) is 7.05 Å². The van der Waals surface area contributed by atoms with Gasteiger partial charge in [0.1, 0.15) is 0 Å². The van der Waals surface area contributed by atoms with Crippen molar-refractivity contribution < 1.29 is 4.79 Å². The summed E-state index contributed by atoms with van der Waals surface area (Å²) in [6.45, 7) is 3.83. The van der Waals surface area contributed by atoms with Crippen molar-refractivity contribution in [3.63, 3.8) is 0 Å². The van der Waals surface area contributed by atoms with Crippen molar-refractivity contribution in [3.8, 4) is 0 Å². The predicted octanol–water partition coefficient (Wildman–Crippen LogP) is 2.19. The Balaban J connectivity index is 2.28. The molecule has 1 aromatic carbocycles. The number of aryl methyl sites for hydroxylation is 2. The molecule has 0 atom stereocenters. The molecule has 0 aliphatic carbocycles. The van der Waals surface area contributed by atoms with Crippen LogP contribution in [0.2, 0.25) is 0 Å². The second-order valence-corrected chi connectivity index (χ2v) is 6.03. The van der Waals surface area contributed by atoms with Crippen molar-refractivity contribution in [1.29, 1.82) is 0 Å². The number of hydrazine groups is 1. The summed E-state index contributed by atoms with van der Waals surface area (Å²) < 4.78 is 2.26. The molecule has 0 aliphatic heterocycles. The zero-order valence-electron chi connectivity index (χ0n) is 12.4. The molecule has 3 N–H and O–H groups in total. The SMILES string of the molecule is Cc1ccc(N(NC(=O)c2nn(C)c(C)c2Br)C(N)=S)cc1. The van der Waals surface area contributed by atoms with Gasteiger partial charge in [0.2, 0.25) is 0 Å². The maximum Gasteiger partial charge on any atom is 0.291 e. The highest BCUT2D eigenvalue weighted by atomic mass is 79.9. The summed E-state index contributed by atoms with van der Waals surface area (Å²) in [4.78, 5) is 12.4. The fourth-order valence-electron chi connectivity index (χ4n) is 1.82. The van der Waals surface area contributed by atoms with Gasteiger partial charge in [-0.25, -0.2) is 5.01 Å². The zero-order valence-corrected chi connectivity index (χ0v) is 14.8. The molecule has 0 bridgehead atoms. The molecule has 0 saturated heterocycles. The van der Waals surface area contributed by atoms with E-state index < -0.39 is 5.91 Å². The Kier molecular flexibility index (Phi) is 4.82. The van der Waals surface area contributed by atoms with Crippen molar-refractivity contribution in [2.75, 3.05) is 5.01 Å². The van der Waals surface area contributed by atoms with Crippen LogP contribution >= 0.6 is 28.1 Å². The Morgan fingerprint density at radius 3 is 2.41 bits per heavy atom. The number of hydrogen-bond donors (Lipinski definition) is 2. The Morgan fingerprint density at radius 1 is 1.36 bits per heavy atom. The van der Waals surface area contributed by atoms with Gasteiger partial charge in [0.15, 0.2) is 10.8 Å². The first kappa shape index (κ1) is 16.4. The molecule has 1 heterocycles. The van der Waals surface area contributed by atoms with E-state index in [9.17, 15) is 4.79 Å². The average molecular weight is 382 g/mol. The molecule has 1 amide bonds. The van der Waals surface area contributed by atoms with Crippen LogP contribution in [-0.2, 0) is 7.05 Å². The van der Waals surface area contributed by atoms with Gasteiger partial charge in [-0.2, -0.15) is 5.10 Å². The first-order valence-corrected chi connectivity index (χ1v) is 7.67. The van der Waals surface area contributed by atoms with Crippen LogP contribution in [0, 0.1) is 13.8 Å². The summed E-state index contributed by atoms with van der Waals surface area (Å²) in [5, 5.41) is 5.57. The molecule has 0 spiro atoms. The first-order chi connectivity index (χ1) is 10.3. The number of nitrogens with two attached hydrogens (primary N) is 1. The summed E-state index contributed by atoms with van der Waals surface area (Å²) in [5.41, 5.74) is 11.3. The van der Waals surface area contributed by atoms with Crippen LogP contribution in [0.5, 0.6) is 0 Å². The van der Waals surface area contributed by atoms with Crippen LogP contribution in [0.4, 0.5) is 5.69 Å². The van der Waals surface area contributed by atoms with E-state index in [-0.39, 0.29) is 10.8 Å². The largest absolute Gasteiger partial charge is 0.374 e. The van der Waals surface area contributed by atoms with Crippen LogP contribution in [0.25, 0.3) is 0 Å². The number of hydrogen-bond acceptors (Lipinski definition) is 3. The number of amides is 1. The van der Waals surface area contributed by atoms with Crippen molar-refractivity contribution in [2.45, 2.75) is 13.8 Å². The van der Waals surface area contributed by atoms with Crippen LogP contribution in [0.15, 0.2) is 28.7 Å². The summed E-state index contributed by atoms with van der Waals surface area (Å²) in [5.74, 6) is -0.399. The van der Waals surface area contributed by atoms with Crippen molar-refractivity contribution in [1.82, 2.24) is 15.2 Å². The maximum atomic E-state index is 12.4. The van der Waals surface area contributed by atoms with Crippen molar-refractivity contribution in [3.05, 3.63) is 45.7 Å². The molecule has 1 aromatic heterocycles. The number of anilines is 1. The van der Waals surface area contributed by atoms with Gasteiger partial charge >= 0.3 is 0 Å². The molecule has 6 nitrogen and oxygen atoms in total. The van der Waals surface area contributed by atoms with E-state index in [1.165, 1.54) is 5.01 Å². The minimum absolute atomic E-state index is 0.0426. The summed E-state index contributed by atoms with van der Waals surface area (Å²) in [6.07, 6.45) is 0. The van der Waals surface area contributed by atoms with Crippen LogP contribution < -0.4 is 16.2 Å². The van der Waals surface area contributed by atoms with Gasteiger partial charge in [-0.15, -0.1) is 0 Å². The van der Waals surface area contributed by atoms with Crippen LogP contribution in [0.1, 0.15) is 21.7 Å². The summed E-state index contributed by atoms with van der Waals surface area (Å²) in [7, 11) is 1.77. The lowest BCUT2D eigenvalue weighted by Crippen LogP contribution is -2.49. The van der Waals surface area contributed by atoms with Crippen LogP contribution in [0.3, 0.4) is 0 Å². The molecular formula is C14H16BrN5OS. The number of nitrogens with one attached hydrogen (secondary N) is 1. The summed E-state index contributed by atoms with van der Waals surface area (Å²) in [6, 6.07) is 7.47. The van der Waals surface area contributed by atoms with Gasteiger partial charge in [-0.05, 0) is 54.1 Å². The zero-order chi connectivity index (χ0) is 16.4. The van der Waals surface area contributed by atoms with E-state index in [0.29, 0.717) is 10.2 Å². The third kappa shape index (κ3) is 3.28. The lowest BCUT2D eigenvalue weighted by molar-refractivity contribution is 0.0948. The van der Waals surface area contributed by atoms with Crippen molar-refractivity contribution in [2.24, 2.45) is 12.8 Å². The number of thiocarbonyl (C=S) groups is 1. The molecule has 0 saturated carbocycles. The standard InChI is InChI=1S/C14H16BrN5OS/c1-8-4-6-10(7-5-8)20(14(16)22)18-13(21)12-11(15)9(2)19(3)17-12/h4-7H,1-3H3,(H2,16,22)(H,18,21). The number of nitrogens with zero attached hydrogens (tertiary/aromatic N) is 3. The molecular weight excluding hydrogens is 366 g/mol. The van der Waals surface area contributed by atoms with E-state index in [2.05, 4.69) is 26.5 Å². The van der Waals surface area contributed by atoms with Crippen molar-refractivity contribution >= 4 is 44.9 Å². The van der Waals surface area contributed by atoms with Gasteiger partial charge in [0.05, 0.1) is 15.9 Å². The molecule has 0 aliphatic rings. The third-order valence-electron chi connectivity index (χ3n) is 3.20. The number of carbonyl (C=O) groups excluding carboxylic acids is 1.